The lowest BCUT2D eigenvalue weighted by atomic mass is 9.99. The van der Waals surface area contributed by atoms with Crippen molar-refractivity contribution in [3.63, 3.8) is 0 Å². The number of fused-ring (bicyclic) bond motifs is 1. The summed E-state index contributed by atoms with van der Waals surface area (Å²) in [6.07, 6.45) is 0.270. The average molecular weight is 449 g/mol. The first-order chi connectivity index (χ1) is 15.3. The van der Waals surface area contributed by atoms with Crippen LogP contribution in [0.4, 0.5) is 0 Å². The first kappa shape index (κ1) is 22.0. The number of nitrogens with zero attached hydrogens (tertiary/aromatic N) is 4. The van der Waals surface area contributed by atoms with Crippen molar-refractivity contribution in [2.75, 3.05) is 0 Å². The summed E-state index contributed by atoms with van der Waals surface area (Å²) in [7, 11) is 0. The number of aromatic nitrogens is 3. The van der Waals surface area contributed by atoms with Gasteiger partial charge in [0.15, 0.2) is 0 Å². The monoisotopic (exact) mass is 448 g/mol. The third kappa shape index (κ3) is 4.50. The van der Waals surface area contributed by atoms with Crippen molar-refractivity contribution in [1.29, 1.82) is 0 Å². The van der Waals surface area contributed by atoms with Crippen molar-refractivity contribution in [3.8, 4) is 11.5 Å². The lowest BCUT2D eigenvalue weighted by Crippen LogP contribution is -2.37. The fourth-order valence-corrected chi connectivity index (χ4v) is 3.94. The van der Waals surface area contributed by atoms with Gasteiger partial charge in [-0.3, -0.25) is 9.78 Å². The summed E-state index contributed by atoms with van der Waals surface area (Å²) in [5.74, 6) is 0.787. The molecule has 0 aliphatic heterocycles. The fourth-order valence-electron chi connectivity index (χ4n) is 3.81. The first-order valence-corrected chi connectivity index (χ1v) is 10.9. The maximum Gasteiger partial charge on any atom is 0.247 e. The predicted octanol–water partition coefficient (Wildman–Crippen LogP) is 5.53. The van der Waals surface area contributed by atoms with E-state index in [1.807, 2.05) is 57.2 Å². The zero-order valence-corrected chi connectivity index (χ0v) is 19.3. The van der Waals surface area contributed by atoms with Gasteiger partial charge in [0.2, 0.25) is 17.7 Å². The van der Waals surface area contributed by atoms with Crippen LogP contribution in [0.3, 0.4) is 0 Å². The van der Waals surface area contributed by atoms with E-state index >= 15 is 0 Å². The van der Waals surface area contributed by atoms with Crippen molar-refractivity contribution in [1.82, 2.24) is 20.1 Å². The van der Waals surface area contributed by atoms with Gasteiger partial charge in [-0.2, -0.15) is 0 Å². The van der Waals surface area contributed by atoms with E-state index in [-0.39, 0.29) is 24.9 Å². The second-order valence-corrected chi connectivity index (χ2v) is 8.55. The van der Waals surface area contributed by atoms with Gasteiger partial charge in [-0.15, -0.1) is 10.2 Å². The van der Waals surface area contributed by atoms with E-state index < -0.39 is 0 Å². The molecule has 2 aromatic heterocycles. The van der Waals surface area contributed by atoms with Crippen LogP contribution in [0.2, 0.25) is 5.02 Å². The topological polar surface area (TPSA) is 72.1 Å². The lowest BCUT2D eigenvalue weighted by Gasteiger charge is -2.26. The highest BCUT2D eigenvalue weighted by Gasteiger charge is 2.23. The Bertz CT molecular complexity index is 1260. The Morgan fingerprint density at radius 3 is 2.50 bits per heavy atom. The molecular weight excluding hydrogens is 424 g/mol. The van der Waals surface area contributed by atoms with E-state index in [1.54, 1.807) is 17.0 Å². The molecule has 7 heteroatoms. The normalized spacial score (nSPS) is 11.3. The molecule has 0 fully saturated rings. The Kier molecular flexibility index (Phi) is 6.24. The van der Waals surface area contributed by atoms with Crippen LogP contribution >= 0.6 is 11.6 Å². The van der Waals surface area contributed by atoms with Crippen molar-refractivity contribution in [3.05, 3.63) is 76.3 Å². The molecule has 6 nitrogen and oxygen atoms in total. The molecule has 0 spiro atoms. The van der Waals surface area contributed by atoms with Gasteiger partial charge in [-0.25, -0.2) is 0 Å². The maximum absolute atomic E-state index is 13.3. The fraction of sp³-hybridized carbons (Fsp3) is 0.280. The van der Waals surface area contributed by atoms with Gasteiger partial charge in [0.25, 0.3) is 0 Å². The van der Waals surface area contributed by atoms with Gasteiger partial charge in [-0.05, 0) is 69.2 Å². The van der Waals surface area contributed by atoms with Crippen molar-refractivity contribution in [2.45, 2.75) is 46.7 Å². The highest BCUT2D eigenvalue weighted by atomic mass is 35.5. The minimum absolute atomic E-state index is 0.00507. The van der Waals surface area contributed by atoms with Crippen LogP contribution < -0.4 is 0 Å². The molecule has 0 saturated carbocycles. The number of hydrogen-bond acceptors (Lipinski definition) is 5. The zero-order valence-electron chi connectivity index (χ0n) is 18.6. The molecule has 0 radical (unpaired) electrons. The molecule has 4 aromatic rings. The van der Waals surface area contributed by atoms with Gasteiger partial charge < -0.3 is 9.32 Å². The lowest BCUT2D eigenvalue weighted by molar-refractivity contribution is -0.133. The molecule has 0 saturated heterocycles. The summed E-state index contributed by atoms with van der Waals surface area (Å²) < 4.78 is 5.82. The molecular formula is C25H25ClN4O2. The second kappa shape index (κ2) is 9.09. The summed E-state index contributed by atoms with van der Waals surface area (Å²) in [6, 6.07) is 15.2. The molecule has 0 unspecified atom stereocenters. The highest BCUT2D eigenvalue weighted by molar-refractivity contribution is 6.30. The standard InChI is InChI=1S/C25H25ClN4O2/c1-15(2)30(14-23-28-29-25(32-23)18-9-11-19(26)12-10-18)24(31)13-21-16(3)20-7-5-6-8-22(20)27-17(21)4/h5-12,15H,13-14H2,1-4H3. The average Bonchev–Trinajstić information content (AvgIpc) is 3.24. The second-order valence-electron chi connectivity index (χ2n) is 8.12. The molecule has 0 aliphatic rings. The maximum atomic E-state index is 13.3. The minimum Gasteiger partial charge on any atom is -0.419 e. The third-order valence-electron chi connectivity index (χ3n) is 5.62. The summed E-state index contributed by atoms with van der Waals surface area (Å²) in [5.41, 5.74) is 4.66. The molecule has 0 bridgehead atoms. The van der Waals surface area contributed by atoms with Crippen molar-refractivity contribution in [2.24, 2.45) is 0 Å². The van der Waals surface area contributed by atoms with Crippen LogP contribution in [0.25, 0.3) is 22.4 Å². The van der Waals surface area contributed by atoms with E-state index in [2.05, 4.69) is 17.1 Å². The van der Waals surface area contributed by atoms with Gasteiger partial charge in [0, 0.05) is 27.7 Å². The van der Waals surface area contributed by atoms with Crippen molar-refractivity contribution >= 4 is 28.4 Å². The third-order valence-corrected chi connectivity index (χ3v) is 5.87. The number of carbonyl (C=O) groups excluding carboxylic acids is 1. The molecule has 32 heavy (non-hydrogen) atoms. The van der Waals surface area contributed by atoms with Gasteiger partial charge in [0.05, 0.1) is 18.5 Å². The number of pyridine rings is 1. The Morgan fingerprint density at radius 1 is 1.06 bits per heavy atom. The van der Waals surface area contributed by atoms with Crippen LogP contribution in [0.1, 0.15) is 36.6 Å². The SMILES string of the molecule is Cc1nc2ccccc2c(C)c1CC(=O)N(Cc1nnc(-c2ccc(Cl)cc2)o1)C(C)C. The highest BCUT2D eigenvalue weighted by Crippen LogP contribution is 2.25. The van der Waals surface area contributed by atoms with E-state index in [0.717, 1.165) is 33.3 Å². The largest absolute Gasteiger partial charge is 0.419 e. The number of aryl methyl sites for hydroxylation is 2. The van der Waals surface area contributed by atoms with E-state index in [1.165, 1.54) is 0 Å². The first-order valence-electron chi connectivity index (χ1n) is 10.6. The van der Waals surface area contributed by atoms with Crippen LogP contribution in [-0.2, 0) is 17.8 Å². The van der Waals surface area contributed by atoms with Crippen LogP contribution in [-0.4, -0.2) is 32.0 Å². The number of para-hydroxylation sites is 1. The Hall–Kier alpha value is -3.25. The van der Waals surface area contributed by atoms with E-state index in [0.29, 0.717) is 16.8 Å². The number of amides is 1. The molecule has 0 aliphatic carbocycles. The zero-order chi connectivity index (χ0) is 22.8. The molecule has 2 aromatic carbocycles. The molecule has 4 rings (SSSR count). The quantitative estimate of drug-likeness (QED) is 0.387. The van der Waals surface area contributed by atoms with Crippen molar-refractivity contribution < 1.29 is 9.21 Å². The molecule has 2 heterocycles. The summed E-state index contributed by atoms with van der Waals surface area (Å²) in [6.45, 7) is 8.21. The van der Waals surface area contributed by atoms with Gasteiger partial charge >= 0.3 is 0 Å². The minimum atomic E-state index is -0.0255. The number of rotatable bonds is 6. The molecule has 0 atom stereocenters. The smallest absolute Gasteiger partial charge is 0.247 e. The summed E-state index contributed by atoms with van der Waals surface area (Å²) in [5, 5.41) is 9.98. The summed E-state index contributed by atoms with van der Waals surface area (Å²) in [4.78, 5) is 19.8. The van der Waals surface area contributed by atoms with Gasteiger partial charge in [0.1, 0.15) is 0 Å². The predicted molar refractivity (Wildman–Crippen MR) is 125 cm³/mol. The molecule has 0 N–H and O–H groups in total. The Labute approximate surface area is 192 Å². The number of carbonyl (C=O) groups is 1. The van der Waals surface area contributed by atoms with E-state index in [9.17, 15) is 4.79 Å². The van der Waals surface area contributed by atoms with Gasteiger partial charge in [-0.1, -0.05) is 29.8 Å². The number of hydrogen-bond donors (Lipinski definition) is 0. The Balaban J connectivity index is 1.56. The summed E-state index contributed by atoms with van der Waals surface area (Å²) >= 11 is 5.95. The number of benzene rings is 2. The van der Waals surface area contributed by atoms with Crippen LogP contribution in [0.5, 0.6) is 0 Å². The Morgan fingerprint density at radius 2 is 1.78 bits per heavy atom. The van der Waals surface area contributed by atoms with Crippen LogP contribution in [0, 0.1) is 13.8 Å². The van der Waals surface area contributed by atoms with E-state index in [4.69, 9.17) is 21.0 Å². The van der Waals surface area contributed by atoms with Crippen LogP contribution in [0.15, 0.2) is 52.9 Å². The molecule has 164 valence electrons. The number of halogens is 1. The molecule has 1 amide bonds.